The van der Waals surface area contributed by atoms with Crippen molar-refractivity contribution in [3.63, 3.8) is 0 Å². The maximum absolute atomic E-state index is 2.80. The van der Waals surface area contributed by atoms with Crippen molar-refractivity contribution in [1.82, 2.24) is 9.80 Å². The van der Waals surface area contributed by atoms with Crippen LogP contribution >= 0.6 is 0 Å². The minimum Gasteiger partial charge on any atom is -0.304 e. The molecule has 0 bridgehead atoms. The topological polar surface area (TPSA) is 6.48 Å². The Kier molecular flexibility index (Phi) is 5.92. The van der Waals surface area contributed by atoms with E-state index in [0.717, 1.165) is 17.4 Å². The molecule has 3 fully saturated rings. The molecule has 1 saturated carbocycles. The van der Waals surface area contributed by atoms with Gasteiger partial charge in [-0.3, -0.25) is 0 Å². The number of rotatable bonds is 2. The smallest absolute Gasteiger partial charge is 0.0106 e. The number of likely N-dealkylation sites (tertiary alicyclic amines) is 2. The molecule has 0 N–H and O–H groups in total. The lowest BCUT2D eigenvalue weighted by Gasteiger charge is -2.56. The van der Waals surface area contributed by atoms with Crippen molar-refractivity contribution in [3.05, 3.63) is 0 Å². The Morgan fingerprint density at radius 2 is 1.50 bits per heavy atom. The zero-order valence-corrected chi connectivity index (χ0v) is 14.3. The molecule has 0 aromatic heterocycles. The van der Waals surface area contributed by atoms with Gasteiger partial charge in [-0.25, -0.2) is 0 Å². The monoisotopic (exact) mass is 280 g/mol. The third-order valence-corrected chi connectivity index (χ3v) is 6.04. The SMILES string of the molecule is CC.CCN1CCC2(CC1)CC(N1CCC(C)CC1)C2. The molecule has 2 saturated heterocycles. The number of nitrogens with zero attached hydrogens (tertiary/aromatic N) is 2. The summed E-state index contributed by atoms with van der Waals surface area (Å²) in [7, 11) is 0. The second-order valence-corrected chi connectivity index (χ2v) is 7.21. The molecule has 2 heteroatoms. The number of hydrogen-bond donors (Lipinski definition) is 0. The van der Waals surface area contributed by atoms with E-state index in [-0.39, 0.29) is 0 Å². The van der Waals surface area contributed by atoms with E-state index in [1.54, 1.807) is 0 Å². The minimum absolute atomic E-state index is 0.763. The lowest BCUT2D eigenvalue weighted by molar-refractivity contribution is -0.0503. The Morgan fingerprint density at radius 1 is 0.950 bits per heavy atom. The van der Waals surface area contributed by atoms with Gasteiger partial charge in [-0.05, 0) is 82.6 Å². The van der Waals surface area contributed by atoms with Crippen molar-refractivity contribution >= 4 is 0 Å². The summed E-state index contributed by atoms with van der Waals surface area (Å²) in [6.45, 7) is 15.5. The summed E-state index contributed by atoms with van der Waals surface area (Å²) in [4.78, 5) is 5.43. The van der Waals surface area contributed by atoms with Crippen molar-refractivity contribution in [2.24, 2.45) is 11.3 Å². The van der Waals surface area contributed by atoms with Gasteiger partial charge in [0.1, 0.15) is 0 Å². The average molecular weight is 280 g/mol. The fraction of sp³-hybridized carbons (Fsp3) is 1.00. The van der Waals surface area contributed by atoms with Crippen LogP contribution in [0.4, 0.5) is 0 Å². The molecule has 0 aromatic rings. The minimum atomic E-state index is 0.763. The van der Waals surface area contributed by atoms with E-state index in [1.165, 1.54) is 71.2 Å². The van der Waals surface area contributed by atoms with Crippen LogP contribution in [0.15, 0.2) is 0 Å². The molecule has 0 aromatic carbocycles. The highest BCUT2D eigenvalue weighted by Crippen LogP contribution is 2.51. The lowest BCUT2D eigenvalue weighted by Crippen LogP contribution is -2.56. The third-order valence-electron chi connectivity index (χ3n) is 6.04. The van der Waals surface area contributed by atoms with Crippen LogP contribution in [-0.4, -0.2) is 48.6 Å². The zero-order chi connectivity index (χ0) is 14.6. The normalized spacial score (nSPS) is 28.8. The summed E-state index contributed by atoms with van der Waals surface area (Å²) in [6, 6.07) is 0.950. The van der Waals surface area contributed by atoms with E-state index in [1.807, 2.05) is 13.8 Å². The van der Waals surface area contributed by atoms with Crippen LogP contribution in [0.5, 0.6) is 0 Å². The summed E-state index contributed by atoms with van der Waals surface area (Å²) in [6.07, 6.45) is 8.85. The van der Waals surface area contributed by atoms with Crippen molar-refractivity contribution in [3.8, 4) is 0 Å². The van der Waals surface area contributed by atoms with E-state index >= 15 is 0 Å². The highest BCUT2D eigenvalue weighted by Gasteiger charge is 2.47. The fourth-order valence-corrected chi connectivity index (χ4v) is 4.34. The van der Waals surface area contributed by atoms with Crippen LogP contribution in [0.1, 0.15) is 66.2 Å². The van der Waals surface area contributed by atoms with Gasteiger partial charge < -0.3 is 9.80 Å². The molecule has 2 heterocycles. The number of piperidine rings is 2. The van der Waals surface area contributed by atoms with Gasteiger partial charge in [-0.1, -0.05) is 27.7 Å². The van der Waals surface area contributed by atoms with Crippen LogP contribution in [0.2, 0.25) is 0 Å². The predicted molar refractivity (Wildman–Crippen MR) is 88.1 cm³/mol. The molecule has 118 valence electrons. The van der Waals surface area contributed by atoms with Gasteiger partial charge in [0.25, 0.3) is 0 Å². The molecular weight excluding hydrogens is 244 g/mol. The quantitative estimate of drug-likeness (QED) is 0.754. The van der Waals surface area contributed by atoms with Crippen LogP contribution in [0.3, 0.4) is 0 Å². The summed E-state index contributed by atoms with van der Waals surface area (Å²) < 4.78 is 0. The predicted octanol–water partition coefficient (Wildman–Crippen LogP) is 4.01. The standard InChI is InChI=1S/C16H30N2.C2H6/c1-3-17-10-6-16(7-11-17)12-15(13-16)18-8-4-14(2)5-9-18;1-2/h14-15H,3-13H2,1-2H3;1-2H3. The van der Waals surface area contributed by atoms with Crippen molar-refractivity contribution in [2.75, 3.05) is 32.7 Å². The van der Waals surface area contributed by atoms with E-state index < -0.39 is 0 Å². The van der Waals surface area contributed by atoms with Gasteiger partial charge in [-0.15, -0.1) is 0 Å². The molecule has 2 aliphatic heterocycles. The average Bonchev–Trinajstić information content (AvgIpc) is 2.48. The van der Waals surface area contributed by atoms with Crippen LogP contribution in [0.25, 0.3) is 0 Å². The molecule has 2 nitrogen and oxygen atoms in total. The van der Waals surface area contributed by atoms with Crippen LogP contribution in [-0.2, 0) is 0 Å². The fourth-order valence-electron chi connectivity index (χ4n) is 4.34. The van der Waals surface area contributed by atoms with Gasteiger partial charge in [0.05, 0.1) is 0 Å². The van der Waals surface area contributed by atoms with E-state index in [4.69, 9.17) is 0 Å². The van der Waals surface area contributed by atoms with Gasteiger partial charge >= 0.3 is 0 Å². The number of hydrogen-bond acceptors (Lipinski definition) is 2. The first-order valence-electron chi connectivity index (χ1n) is 9.17. The molecule has 3 rings (SSSR count). The van der Waals surface area contributed by atoms with Crippen molar-refractivity contribution < 1.29 is 0 Å². The summed E-state index contributed by atoms with van der Waals surface area (Å²) in [5.41, 5.74) is 0.763. The Bertz CT molecular complexity index is 265. The second-order valence-electron chi connectivity index (χ2n) is 7.21. The maximum Gasteiger partial charge on any atom is 0.0106 e. The highest BCUT2D eigenvalue weighted by atomic mass is 15.2. The molecule has 1 spiro atoms. The van der Waals surface area contributed by atoms with E-state index in [0.29, 0.717) is 0 Å². The van der Waals surface area contributed by atoms with Gasteiger partial charge in [0, 0.05) is 6.04 Å². The van der Waals surface area contributed by atoms with Crippen molar-refractivity contribution in [1.29, 1.82) is 0 Å². The van der Waals surface area contributed by atoms with Gasteiger partial charge in [0.2, 0.25) is 0 Å². The highest BCUT2D eigenvalue weighted by molar-refractivity contribution is 5.01. The second kappa shape index (κ2) is 7.26. The third kappa shape index (κ3) is 3.57. The summed E-state index contributed by atoms with van der Waals surface area (Å²) >= 11 is 0. The summed E-state index contributed by atoms with van der Waals surface area (Å²) in [5.74, 6) is 0.975. The molecule has 0 atom stereocenters. The van der Waals surface area contributed by atoms with Gasteiger partial charge in [0.15, 0.2) is 0 Å². The molecule has 1 aliphatic carbocycles. The molecule has 0 unspecified atom stereocenters. The van der Waals surface area contributed by atoms with Crippen LogP contribution < -0.4 is 0 Å². The lowest BCUT2D eigenvalue weighted by atomic mass is 9.59. The first-order chi connectivity index (χ1) is 9.71. The zero-order valence-electron chi connectivity index (χ0n) is 14.3. The Hall–Kier alpha value is -0.0800. The Morgan fingerprint density at radius 3 is 2.00 bits per heavy atom. The molecule has 20 heavy (non-hydrogen) atoms. The van der Waals surface area contributed by atoms with Gasteiger partial charge in [-0.2, -0.15) is 0 Å². The van der Waals surface area contributed by atoms with Crippen LogP contribution in [0, 0.1) is 11.3 Å². The Labute approximate surface area is 126 Å². The molecule has 0 radical (unpaired) electrons. The largest absolute Gasteiger partial charge is 0.304 e. The first kappa shape index (κ1) is 16.3. The molecular formula is C18H36N2. The summed E-state index contributed by atoms with van der Waals surface area (Å²) in [5, 5.41) is 0. The van der Waals surface area contributed by atoms with E-state index in [9.17, 15) is 0 Å². The van der Waals surface area contributed by atoms with E-state index in [2.05, 4.69) is 23.6 Å². The maximum atomic E-state index is 2.80. The molecule has 3 aliphatic rings. The first-order valence-corrected chi connectivity index (χ1v) is 9.17. The Balaban J connectivity index is 0.000000704. The van der Waals surface area contributed by atoms with Crippen molar-refractivity contribution in [2.45, 2.75) is 72.3 Å². The molecule has 0 amide bonds.